The number of amides is 1. The average Bonchev–Trinajstić information content (AvgIpc) is 2.40. The van der Waals surface area contributed by atoms with Crippen LogP contribution in [0.4, 0.5) is 11.4 Å². The zero-order valence-electron chi connectivity index (χ0n) is 11.2. The quantitative estimate of drug-likeness (QED) is 0.511. The molecule has 21 heavy (non-hydrogen) atoms. The number of nitrogen functional groups attached to an aromatic ring is 1. The van der Waals surface area contributed by atoms with Crippen LogP contribution >= 0.6 is 23.2 Å². The second-order valence-electron chi connectivity index (χ2n) is 4.42. The third kappa shape index (κ3) is 4.21. The summed E-state index contributed by atoms with van der Waals surface area (Å²) >= 11 is 11.7. The van der Waals surface area contributed by atoms with E-state index >= 15 is 0 Å². The van der Waals surface area contributed by atoms with Crippen molar-refractivity contribution in [1.29, 1.82) is 0 Å². The van der Waals surface area contributed by atoms with Gasteiger partial charge in [-0.05, 0) is 42.3 Å². The fourth-order valence-corrected chi connectivity index (χ4v) is 2.32. The largest absolute Gasteiger partial charge is 0.399 e. The van der Waals surface area contributed by atoms with Gasteiger partial charge in [-0.25, -0.2) is 4.98 Å². The fourth-order valence-electron chi connectivity index (χ4n) is 1.75. The summed E-state index contributed by atoms with van der Waals surface area (Å²) in [6.45, 7) is 1.79. The number of rotatable bonds is 3. The third-order valence-electron chi connectivity index (χ3n) is 2.73. The highest BCUT2D eigenvalue weighted by molar-refractivity contribution is 6.35. The molecule has 1 amide bonds. The maximum Gasteiger partial charge on any atom is 0.248 e. The molecule has 0 spiro atoms. The van der Waals surface area contributed by atoms with E-state index in [1.807, 2.05) is 12.1 Å². The molecule has 0 aliphatic heterocycles. The molecule has 0 bridgehead atoms. The van der Waals surface area contributed by atoms with E-state index in [1.165, 1.54) is 6.08 Å². The van der Waals surface area contributed by atoms with Gasteiger partial charge in [0, 0.05) is 11.8 Å². The predicted octanol–water partition coefficient (Wildman–Crippen LogP) is 3.93. The Morgan fingerprint density at radius 2 is 2.10 bits per heavy atom. The first-order valence-corrected chi connectivity index (χ1v) is 6.88. The molecule has 1 aromatic heterocycles. The first-order chi connectivity index (χ1) is 9.95. The van der Waals surface area contributed by atoms with Crippen molar-refractivity contribution < 1.29 is 4.79 Å². The number of hydrogen-bond acceptors (Lipinski definition) is 3. The van der Waals surface area contributed by atoms with Crippen molar-refractivity contribution in [1.82, 2.24) is 4.98 Å². The van der Waals surface area contributed by atoms with E-state index in [4.69, 9.17) is 28.9 Å². The smallest absolute Gasteiger partial charge is 0.248 e. The highest BCUT2D eigenvalue weighted by Gasteiger charge is 2.09. The van der Waals surface area contributed by atoms with Gasteiger partial charge in [-0.15, -0.1) is 0 Å². The van der Waals surface area contributed by atoms with Crippen LogP contribution in [0.15, 0.2) is 36.4 Å². The lowest BCUT2D eigenvalue weighted by atomic mass is 10.2. The molecular weight excluding hydrogens is 309 g/mol. The molecule has 0 atom stereocenters. The molecule has 3 N–H and O–H groups in total. The molecule has 4 nitrogen and oxygen atoms in total. The Hall–Kier alpha value is -2.04. The molecule has 1 aromatic carbocycles. The van der Waals surface area contributed by atoms with Crippen LogP contribution in [0.3, 0.4) is 0 Å². The minimum Gasteiger partial charge on any atom is -0.399 e. The van der Waals surface area contributed by atoms with Crippen molar-refractivity contribution >= 4 is 46.6 Å². The highest BCUT2D eigenvalue weighted by Crippen LogP contribution is 2.26. The predicted molar refractivity (Wildman–Crippen MR) is 87.5 cm³/mol. The summed E-state index contributed by atoms with van der Waals surface area (Å²) in [6, 6.07) is 8.84. The normalized spacial score (nSPS) is 10.8. The number of pyridine rings is 1. The summed E-state index contributed by atoms with van der Waals surface area (Å²) < 4.78 is 0. The molecule has 0 fully saturated rings. The molecular formula is C15H13Cl2N3O. The monoisotopic (exact) mass is 321 g/mol. The fraction of sp³-hybridized carbons (Fsp3) is 0.0667. The van der Waals surface area contributed by atoms with Gasteiger partial charge in [0.25, 0.3) is 0 Å². The van der Waals surface area contributed by atoms with Gasteiger partial charge in [0.05, 0.1) is 5.69 Å². The van der Waals surface area contributed by atoms with Gasteiger partial charge in [0.15, 0.2) is 5.15 Å². The zero-order chi connectivity index (χ0) is 15.4. The first-order valence-electron chi connectivity index (χ1n) is 6.13. The maximum atomic E-state index is 11.9. The summed E-state index contributed by atoms with van der Waals surface area (Å²) in [6.07, 6.45) is 3.07. The van der Waals surface area contributed by atoms with Gasteiger partial charge in [-0.1, -0.05) is 35.3 Å². The molecule has 6 heteroatoms. The van der Waals surface area contributed by atoms with Crippen molar-refractivity contribution in [2.24, 2.45) is 0 Å². The van der Waals surface area contributed by atoms with E-state index in [0.717, 1.165) is 11.1 Å². The second kappa shape index (κ2) is 6.61. The van der Waals surface area contributed by atoms with Crippen LogP contribution in [-0.2, 0) is 4.79 Å². The number of anilines is 2. The first kappa shape index (κ1) is 15.4. The number of nitrogens with one attached hydrogen (secondary N) is 1. The van der Waals surface area contributed by atoms with Crippen molar-refractivity contribution in [2.75, 3.05) is 11.1 Å². The number of hydrogen-bond donors (Lipinski definition) is 2. The van der Waals surface area contributed by atoms with Crippen molar-refractivity contribution in [2.45, 2.75) is 6.92 Å². The number of nitrogens with two attached hydrogens (primary N) is 1. The number of carbonyl (C=O) groups is 1. The lowest BCUT2D eigenvalue weighted by Crippen LogP contribution is -2.10. The summed E-state index contributed by atoms with van der Waals surface area (Å²) in [5, 5.41) is 3.12. The van der Waals surface area contributed by atoms with E-state index in [9.17, 15) is 4.79 Å². The van der Waals surface area contributed by atoms with Gasteiger partial charge < -0.3 is 11.1 Å². The minimum absolute atomic E-state index is 0.158. The van der Waals surface area contributed by atoms with Crippen LogP contribution in [0.5, 0.6) is 0 Å². The number of nitrogens with zero attached hydrogens (tertiary/aromatic N) is 1. The average molecular weight is 322 g/mol. The van der Waals surface area contributed by atoms with Crippen LogP contribution in [0, 0.1) is 6.92 Å². The van der Waals surface area contributed by atoms with Crippen LogP contribution in [-0.4, -0.2) is 10.9 Å². The van der Waals surface area contributed by atoms with Gasteiger partial charge in [-0.3, -0.25) is 4.79 Å². The van der Waals surface area contributed by atoms with Crippen molar-refractivity contribution in [3.63, 3.8) is 0 Å². The Morgan fingerprint density at radius 3 is 2.76 bits per heavy atom. The van der Waals surface area contributed by atoms with E-state index in [2.05, 4.69) is 10.3 Å². The van der Waals surface area contributed by atoms with E-state index in [1.54, 1.807) is 31.2 Å². The van der Waals surface area contributed by atoms with Gasteiger partial charge >= 0.3 is 0 Å². The molecule has 0 saturated heterocycles. The summed E-state index contributed by atoms with van der Waals surface area (Å²) in [5.41, 5.74) is 8.33. The molecule has 2 rings (SSSR count). The van der Waals surface area contributed by atoms with Crippen LogP contribution in [0.25, 0.3) is 6.08 Å². The summed E-state index contributed by atoms with van der Waals surface area (Å²) in [5.74, 6) is -0.313. The summed E-state index contributed by atoms with van der Waals surface area (Å²) in [7, 11) is 0. The number of aromatic nitrogens is 1. The standard InChI is InChI=1S/C15H13Cl2N3O/c1-9-7-12(16)19-15(17)14(9)20-13(21)6-5-10-3-2-4-11(18)8-10/h2-8H,18H2,1H3,(H,20,21)/b6-5+. The van der Waals surface area contributed by atoms with Crippen molar-refractivity contribution in [3.8, 4) is 0 Å². The number of aryl methyl sites for hydroxylation is 1. The molecule has 0 saturated carbocycles. The SMILES string of the molecule is Cc1cc(Cl)nc(Cl)c1NC(=O)/C=C/c1cccc(N)c1. The van der Waals surface area contributed by atoms with Crippen LogP contribution in [0.2, 0.25) is 10.3 Å². The molecule has 0 aliphatic carbocycles. The van der Waals surface area contributed by atoms with Gasteiger partial charge in [0.1, 0.15) is 5.15 Å². The Kier molecular flexibility index (Phi) is 4.83. The van der Waals surface area contributed by atoms with Gasteiger partial charge in [0.2, 0.25) is 5.91 Å². The number of carbonyl (C=O) groups excluding carboxylic acids is 1. The minimum atomic E-state index is -0.313. The molecule has 108 valence electrons. The second-order valence-corrected chi connectivity index (χ2v) is 5.17. The Bertz CT molecular complexity index is 691. The van der Waals surface area contributed by atoms with E-state index in [-0.39, 0.29) is 16.2 Å². The van der Waals surface area contributed by atoms with Crippen LogP contribution in [0.1, 0.15) is 11.1 Å². The molecule has 2 aromatic rings. The Labute approximate surface area is 132 Å². The van der Waals surface area contributed by atoms with Gasteiger partial charge in [-0.2, -0.15) is 0 Å². The third-order valence-corrected chi connectivity index (χ3v) is 3.19. The lowest BCUT2D eigenvalue weighted by Gasteiger charge is -2.08. The molecule has 0 radical (unpaired) electrons. The Morgan fingerprint density at radius 1 is 1.33 bits per heavy atom. The summed E-state index contributed by atoms with van der Waals surface area (Å²) in [4.78, 5) is 15.8. The van der Waals surface area contributed by atoms with E-state index in [0.29, 0.717) is 11.4 Å². The topological polar surface area (TPSA) is 68.0 Å². The zero-order valence-corrected chi connectivity index (χ0v) is 12.7. The van der Waals surface area contributed by atoms with Crippen LogP contribution < -0.4 is 11.1 Å². The molecule has 0 aliphatic rings. The number of halogens is 2. The number of benzene rings is 1. The molecule has 0 unspecified atom stereocenters. The van der Waals surface area contributed by atoms with Crippen molar-refractivity contribution in [3.05, 3.63) is 57.8 Å². The molecule has 1 heterocycles. The maximum absolute atomic E-state index is 11.9. The Balaban J connectivity index is 2.12. The lowest BCUT2D eigenvalue weighted by molar-refractivity contribution is -0.111. The highest BCUT2D eigenvalue weighted by atomic mass is 35.5. The van der Waals surface area contributed by atoms with E-state index < -0.39 is 0 Å².